The minimum Gasteiger partial charge on any atom is -0.508 e. The molecule has 0 saturated heterocycles. The zero-order valence-electron chi connectivity index (χ0n) is 7.34. The molecule has 0 saturated carbocycles. The maximum Gasteiger partial charge on any atom is 0.293 e. The van der Waals surface area contributed by atoms with E-state index in [0.717, 1.165) is 0 Å². The second kappa shape index (κ2) is 3.06. The van der Waals surface area contributed by atoms with Crippen molar-refractivity contribution in [2.75, 3.05) is 11.4 Å². The van der Waals surface area contributed by atoms with Gasteiger partial charge in [-0.25, -0.2) is 0 Å². The highest BCUT2D eigenvalue weighted by molar-refractivity contribution is 6.06. The number of nitrogens with zero attached hydrogens (tertiary/aromatic N) is 1. The number of amides is 1. The number of benzene rings is 1. The van der Waals surface area contributed by atoms with Gasteiger partial charge in [-0.2, -0.15) is 0 Å². The zero-order chi connectivity index (χ0) is 10.1. The summed E-state index contributed by atoms with van der Waals surface area (Å²) >= 11 is 0. The zero-order valence-corrected chi connectivity index (χ0v) is 7.34. The average Bonchev–Trinajstić information content (AvgIpc) is 2.50. The minimum atomic E-state index is -0.407. The van der Waals surface area contributed by atoms with E-state index in [0.29, 0.717) is 12.2 Å². The Bertz CT molecular complexity index is 394. The molecule has 0 fully saturated rings. The number of anilines is 1. The topological polar surface area (TPSA) is 60.8 Å². The van der Waals surface area contributed by atoms with E-state index < -0.39 is 5.91 Å². The molecule has 0 radical (unpaired) electrons. The van der Waals surface area contributed by atoms with Crippen LogP contribution in [0.2, 0.25) is 0 Å². The molecule has 2 rings (SSSR count). The van der Waals surface area contributed by atoms with Crippen LogP contribution in [0.4, 0.5) is 5.69 Å². The highest BCUT2D eigenvalue weighted by Gasteiger charge is 2.24. The van der Waals surface area contributed by atoms with E-state index >= 15 is 0 Å². The molecule has 0 atom stereocenters. The van der Waals surface area contributed by atoms with Crippen LogP contribution in [0, 0.1) is 0 Å². The van der Waals surface area contributed by atoms with Crippen LogP contribution in [0.1, 0.15) is 0 Å². The van der Waals surface area contributed by atoms with E-state index in [1.54, 1.807) is 12.1 Å². The largest absolute Gasteiger partial charge is 0.508 e. The molecule has 1 amide bonds. The van der Waals surface area contributed by atoms with Crippen molar-refractivity contribution in [3.05, 3.63) is 36.1 Å². The predicted octanol–water partition coefficient (Wildman–Crippen LogP) is 1.18. The summed E-state index contributed by atoms with van der Waals surface area (Å²) in [6.07, 6.45) is 1.45. The molecule has 1 aliphatic rings. The van der Waals surface area contributed by atoms with Crippen molar-refractivity contribution in [3.63, 3.8) is 0 Å². The normalized spacial score (nSPS) is 15.9. The van der Waals surface area contributed by atoms with Crippen molar-refractivity contribution in [3.8, 4) is 5.75 Å². The van der Waals surface area contributed by atoms with Crippen molar-refractivity contribution in [2.45, 2.75) is 0 Å². The molecule has 0 aromatic heterocycles. The summed E-state index contributed by atoms with van der Waals surface area (Å²) in [5.74, 6) is -0.480. The van der Waals surface area contributed by atoms with Gasteiger partial charge in [-0.15, -0.1) is 0 Å². The van der Waals surface area contributed by atoms with E-state index in [1.165, 1.54) is 23.1 Å². The number of carbonyl (C=O) groups is 1. The quantitative estimate of drug-likeness (QED) is 0.700. The number of carbonyl (C=O) groups excluding carboxylic acids is 1. The number of phenols is 1. The van der Waals surface area contributed by atoms with Gasteiger partial charge in [-0.05, 0) is 30.3 Å². The lowest BCUT2D eigenvalue weighted by Gasteiger charge is -2.15. The number of hydrogen-bond acceptors (Lipinski definition) is 3. The molecule has 0 spiro atoms. The molecule has 14 heavy (non-hydrogen) atoms. The highest BCUT2D eigenvalue weighted by atomic mass is 16.3. The Balaban J connectivity index is 2.26. The van der Waals surface area contributed by atoms with E-state index in [9.17, 15) is 4.79 Å². The lowest BCUT2D eigenvalue weighted by atomic mass is 10.3. The second-order valence-electron chi connectivity index (χ2n) is 3.02. The van der Waals surface area contributed by atoms with Crippen LogP contribution >= 0.6 is 0 Å². The average molecular weight is 191 g/mol. The molecule has 4 heteroatoms. The van der Waals surface area contributed by atoms with Crippen molar-refractivity contribution >= 4 is 11.6 Å². The number of aliphatic hydroxyl groups is 1. The van der Waals surface area contributed by atoms with Crippen LogP contribution in [0.3, 0.4) is 0 Å². The first-order chi connectivity index (χ1) is 6.68. The van der Waals surface area contributed by atoms with Crippen molar-refractivity contribution < 1.29 is 15.0 Å². The monoisotopic (exact) mass is 191 g/mol. The number of aliphatic hydroxyl groups excluding tert-OH is 1. The SMILES string of the molecule is O=C1C(O)=CCN1c1ccc(O)cc1. The van der Waals surface area contributed by atoms with Crippen molar-refractivity contribution in [1.29, 1.82) is 0 Å². The summed E-state index contributed by atoms with van der Waals surface area (Å²) in [5.41, 5.74) is 0.660. The van der Waals surface area contributed by atoms with Gasteiger partial charge in [-0.3, -0.25) is 4.79 Å². The summed E-state index contributed by atoms with van der Waals surface area (Å²) < 4.78 is 0. The Morgan fingerprint density at radius 2 is 1.79 bits per heavy atom. The summed E-state index contributed by atoms with van der Waals surface area (Å²) in [6, 6.07) is 6.25. The van der Waals surface area contributed by atoms with Gasteiger partial charge in [0.05, 0.1) is 0 Å². The molecule has 1 aromatic carbocycles. The third kappa shape index (κ3) is 1.31. The van der Waals surface area contributed by atoms with Crippen LogP contribution in [0.5, 0.6) is 5.75 Å². The molecular weight excluding hydrogens is 182 g/mol. The molecular formula is C10H9NO3. The molecule has 4 nitrogen and oxygen atoms in total. The molecule has 1 aliphatic heterocycles. The lowest BCUT2D eigenvalue weighted by Crippen LogP contribution is -2.26. The van der Waals surface area contributed by atoms with Gasteiger partial charge in [0.2, 0.25) is 0 Å². The van der Waals surface area contributed by atoms with Gasteiger partial charge < -0.3 is 15.1 Å². The molecule has 1 heterocycles. The molecule has 0 aliphatic carbocycles. The van der Waals surface area contributed by atoms with E-state index in [4.69, 9.17) is 10.2 Å². The fourth-order valence-corrected chi connectivity index (χ4v) is 1.34. The van der Waals surface area contributed by atoms with E-state index in [1.807, 2.05) is 0 Å². The number of aromatic hydroxyl groups is 1. The predicted molar refractivity (Wildman–Crippen MR) is 51.2 cm³/mol. The maximum atomic E-state index is 11.3. The Kier molecular flexibility index (Phi) is 1.89. The molecule has 2 N–H and O–H groups in total. The highest BCUT2D eigenvalue weighted by Crippen LogP contribution is 2.22. The first kappa shape index (κ1) is 8.62. The second-order valence-corrected chi connectivity index (χ2v) is 3.02. The van der Waals surface area contributed by atoms with Crippen LogP contribution in [0.25, 0.3) is 0 Å². The van der Waals surface area contributed by atoms with Crippen molar-refractivity contribution in [1.82, 2.24) is 0 Å². The summed E-state index contributed by atoms with van der Waals surface area (Å²) in [6.45, 7) is 0.370. The van der Waals surface area contributed by atoms with Gasteiger partial charge in [0.15, 0.2) is 5.76 Å². The summed E-state index contributed by atoms with van der Waals surface area (Å²) in [7, 11) is 0. The van der Waals surface area contributed by atoms with E-state index in [2.05, 4.69) is 0 Å². The van der Waals surface area contributed by atoms with Gasteiger partial charge >= 0.3 is 0 Å². The minimum absolute atomic E-state index is 0.151. The van der Waals surface area contributed by atoms with Crippen LogP contribution in [-0.2, 0) is 4.79 Å². The standard InChI is InChI=1S/C10H9NO3/c12-8-3-1-7(2-4-8)11-6-5-9(13)10(11)14/h1-5,12-13H,6H2. The number of hydrogen-bond donors (Lipinski definition) is 2. The third-order valence-corrected chi connectivity index (χ3v) is 2.09. The van der Waals surface area contributed by atoms with Gasteiger partial charge in [0.25, 0.3) is 5.91 Å². The number of rotatable bonds is 1. The molecule has 0 bridgehead atoms. The smallest absolute Gasteiger partial charge is 0.293 e. The van der Waals surface area contributed by atoms with Crippen LogP contribution in [0.15, 0.2) is 36.1 Å². The lowest BCUT2D eigenvalue weighted by molar-refractivity contribution is -0.116. The van der Waals surface area contributed by atoms with Crippen LogP contribution < -0.4 is 4.90 Å². The summed E-state index contributed by atoms with van der Waals surface area (Å²) in [5, 5.41) is 18.2. The Morgan fingerprint density at radius 3 is 2.29 bits per heavy atom. The first-order valence-corrected chi connectivity index (χ1v) is 4.18. The Hall–Kier alpha value is -1.97. The van der Waals surface area contributed by atoms with Crippen molar-refractivity contribution in [2.24, 2.45) is 0 Å². The fourth-order valence-electron chi connectivity index (χ4n) is 1.34. The van der Waals surface area contributed by atoms with Gasteiger partial charge in [-0.1, -0.05) is 0 Å². The summed E-state index contributed by atoms with van der Waals surface area (Å²) in [4.78, 5) is 12.8. The third-order valence-electron chi connectivity index (χ3n) is 2.09. The fraction of sp³-hybridized carbons (Fsp3) is 0.100. The Labute approximate surface area is 80.7 Å². The van der Waals surface area contributed by atoms with Gasteiger partial charge in [0, 0.05) is 12.2 Å². The molecule has 1 aromatic rings. The first-order valence-electron chi connectivity index (χ1n) is 4.18. The number of phenolic OH excluding ortho intramolecular Hbond substituents is 1. The van der Waals surface area contributed by atoms with Gasteiger partial charge in [0.1, 0.15) is 5.75 Å². The van der Waals surface area contributed by atoms with Crippen LogP contribution in [-0.4, -0.2) is 22.7 Å². The molecule has 0 unspecified atom stereocenters. The maximum absolute atomic E-state index is 11.3. The molecule has 72 valence electrons. The van der Waals surface area contributed by atoms with E-state index in [-0.39, 0.29) is 11.5 Å². The Morgan fingerprint density at radius 1 is 1.14 bits per heavy atom.